The lowest BCUT2D eigenvalue weighted by molar-refractivity contribution is 0.720. The molecule has 0 aliphatic heterocycles. The number of anilines is 1. The van der Waals surface area contributed by atoms with Gasteiger partial charge in [-0.25, -0.2) is 0 Å². The normalized spacial score (nSPS) is 10.7. The first-order valence-corrected chi connectivity index (χ1v) is 7.48. The van der Waals surface area contributed by atoms with E-state index in [9.17, 15) is 0 Å². The third-order valence-corrected chi connectivity index (χ3v) is 3.91. The monoisotopic (exact) mass is 275 g/mol. The van der Waals surface area contributed by atoms with E-state index in [0.29, 0.717) is 0 Å². The fourth-order valence-electron chi connectivity index (χ4n) is 2.05. The molecule has 0 aliphatic carbocycles. The van der Waals surface area contributed by atoms with Crippen LogP contribution in [0.5, 0.6) is 0 Å². The number of hydrogen-bond acceptors (Lipinski definition) is 4. The largest absolute Gasteiger partial charge is 0.369 e. The smallest absolute Gasteiger partial charge is 0.0519 e. The van der Waals surface area contributed by atoms with Crippen molar-refractivity contribution in [3.8, 4) is 0 Å². The van der Waals surface area contributed by atoms with Gasteiger partial charge in [0.05, 0.1) is 6.54 Å². The van der Waals surface area contributed by atoms with E-state index in [-0.39, 0.29) is 0 Å². The van der Waals surface area contributed by atoms with Gasteiger partial charge in [-0.1, -0.05) is 13.0 Å². The first kappa shape index (κ1) is 14.0. The minimum absolute atomic E-state index is 0.869. The first-order valence-electron chi connectivity index (χ1n) is 6.60. The number of thiophene rings is 1. The first-order chi connectivity index (χ1) is 9.20. The minimum atomic E-state index is 0.869. The van der Waals surface area contributed by atoms with Crippen molar-refractivity contribution in [2.24, 2.45) is 0 Å². The predicted octanol–water partition coefficient (Wildman–Crippen LogP) is 3.20. The fraction of sp³-hybridized carbons (Fsp3) is 0.400. The number of nitrogens with one attached hydrogen (secondary N) is 1. The van der Waals surface area contributed by atoms with Gasteiger partial charge in [-0.05, 0) is 31.0 Å². The van der Waals surface area contributed by atoms with Gasteiger partial charge in [-0.15, -0.1) is 11.3 Å². The third-order valence-electron chi connectivity index (χ3n) is 3.05. The molecule has 0 bridgehead atoms. The topological polar surface area (TPSA) is 28.2 Å². The number of aryl methyl sites for hydroxylation is 1. The number of nitrogens with zero attached hydrogens (tertiary/aromatic N) is 2. The van der Waals surface area contributed by atoms with E-state index in [1.165, 1.54) is 16.1 Å². The molecule has 0 radical (unpaired) electrons. The molecule has 0 saturated heterocycles. The lowest BCUT2D eigenvalue weighted by Gasteiger charge is -2.22. The van der Waals surface area contributed by atoms with Gasteiger partial charge in [0.1, 0.15) is 0 Å². The van der Waals surface area contributed by atoms with E-state index in [4.69, 9.17) is 0 Å². The zero-order valence-electron chi connectivity index (χ0n) is 11.8. The lowest BCUT2D eigenvalue weighted by atomic mass is 10.2. The van der Waals surface area contributed by atoms with Crippen LogP contribution in [0.1, 0.15) is 23.1 Å². The second kappa shape index (κ2) is 6.68. The Kier molecular flexibility index (Phi) is 4.93. The van der Waals surface area contributed by atoms with Crippen molar-refractivity contribution in [3.63, 3.8) is 0 Å². The molecule has 19 heavy (non-hydrogen) atoms. The molecule has 0 saturated carbocycles. The van der Waals surface area contributed by atoms with Crippen molar-refractivity contribution in [2.45, 2.75) is 26.9 Å². The molecule has 0 fully saturated rings. The molecule has 2 aromatic heterocycles. The standard InChI is InChI=1S/C15H21N3S/c1-4-16-9-13-10-17-12(2)8-15(13)18(3)11-14-6-5-7-19-14/h5-8,10,16H,4,9,11H2,1-3H3. The minimum Gasteiger partial charge on any atom is -0.369 e. The van der Waals surface area contributed by atoms with Crippen molar-refractivity contribution in [1.82, 2.24) is 10.3 Å². The summed E-state index contributed by atoms with van der Waals surface area (Å²) in [5.41, 5.74) is 3.58. The molecule has 0 unspecified atom stereocenters. The summed E-state index contributed by atoms with van der Waals surface area (Å²) in [5.74, 6) is 0. The molecule has 0 aliphatic rings. The molecule has 0 spiro atoms. The average Bonchev–Trinajstić information content (AvgIpc) is 2.90. The summed E-state index contributed by atoms with van der Waals surface area (Å²) in [7, 11) is 2.14. The Balaban J connectivity index is 2.18. The summed E-state index contributed by atoms with van der Waals surface area (Å²) in [4.78, 5) is 8.09. The van der Waals surface area contributed by atoms with Crippen LogP contribution in [-0.2, 0) is 13.1 Å². The van der Waals surface area contributed by atoms with Crippen molar-refractivity contribution >= 4 is 17.0 Å². The zero-order chi connectivity index (χ0) is 13.7. The lowest BCUT2D eigenvalue weighted by Crippen LogP contribution is -2.20. The number of rotatable bonds is 6. The quantitative estimate of drug-likeness (QED) is 0.877. The van der Waals surface area contributed by atoms with Crippen LogP contribution in [0.4, 0.5) is 5.69 Å². The summed E-state index contributed by atoms with van der Waals surface area (Å²) in [6.45, 7) is 6.95. The van der Waals surface area contributed by atoms with Gasteiger partial charge in [0.25, 0.3) is 0 Å². The van der Waals surface area contributed by atoms with Gasteiger partial charge in [0.15, 0.2) is 0 Å². The van der Waals surface area contributed by atoms with Crippen LogP contribution in [-0.4, -0.2) is 18.6 Å². The highest BCUT2D eigenvalue weighted by molar-refractivity contribution is 7.09. The van der Waals surface area contributed by atoms with E-state index in [1.807, 2.05) is 13.1 Å². The maximum absolute atomic E-state index is 4.41. The van der Waals surface area contributed by atoms with Gasteiger partial charge < -0.3 is 10.2 Å². The van der Waals surface area contributed by atoms with Gasteiger partial charge in [-0.3, -0.25) is 4.98 Å². The van der Waals surface area contributed by atoms with Crippen LogP contribution in [0.15, 0.2) is 29.8 Å². The Morgan fingerprint density at radius 1 is 1.42 bits per heavy atom. The molecular formula is C15H21N3S. The van der Waals surface area contributed by atoms with Gasteiger partial charge in [0.2, 0.25) is 0 Å². The number of hydrogen-bond donors (Lipinski definition) is 1. The van der Waals surface area contributed by atoms with Crippen LogP contribution in [0.2, 0.25) is 0 Å². The maximum Gasteiger partial charge on any atom is 0.0519 e. The van der Waals surface area contributed by atoms with Gasteiger partial charge in [0, 0.05) is 41.6 Å². The third kappa shape index (κ3) is 3.78. The van der Waals surface area contributed by atoms with E-state index in [1.54, 1.807) is 11.3 Å². The Morgan fingerprint density at radius 2 is 2.26 bits per heavy atom. The maximum atomic E-state index is 4.41. The SMILES string of the molecule is CCNCc1cnc(C)cc1N(C)Cc1cccs1. The Labute approximate surface area is 119 Å². The predicted molar refractivity (Wildman–Crippen MR) is 82.8 cm³/mol. The molecule has 102 valence electrons. The van der Waals surface area contributed by atoms with Crippen molar-refractivity contribution in [3.05, 3.63) is 45.9 Å². The zero-order valence-corrected chi connectivity index (χ0v) is 12.6. The summed E-state index contributed by atoms with van der Waals surface area (Å²) in [6.07, 6.45) is 1.98. The molecule has 0 aromatic carbocycles. The highest BCUT2D eigenvalue weighted by Crippen LogP contribution is 2.22. The van der Waals surface area contributed by atoms with Crippen LogP contribution < -0.4 is 10.2 Å². The highest BCUT2D eigenvalue weighted by Gasteiger charge is 2.09. The van der Waals surface area contributed by atoms with Crippen molar-refractivity contribution in [1.29, 1.82) is 0 Å². The molecule has 2 aromatic rings. The van der Waals surface area contributed by atoms with Crippen LogP contribution >= 0.6 is 11.3 Å². The van der Waals surface area contributed by atoms with E-state index >= 15 is 0 Å². The molecular weight excluding hydrogens is 254 g/mol. The fourth-order valence-corrected chi connectivity index (χ4v) is 2.80. The molecule has 0 amide bonds. The molecule has 1 N–H and O–H groups in total. The van der Waals surface area contributed by atoms with Crippen LogP contribution in [0.25, 0.3) is 0 Å². The van der Waals surface area contributed by atoms with E-state index in [0.717, 1.165) is 25.3 Å². The molecule has 2 rings (SSSR count). The number of aromatic nitrogens is 1. The van der Waals surface area contributed by atoms with Crippen LogP contribution in [0, 0.1) is 6.92 Å². The average molecular weight is 275 g/mol. The van der Waals surface area contributed by atoms with Crippen LogP contribution in [0.3, 0.4) is 0 Å². The summed E-state index contributed by atoms with van der Waals surface area (Å²) in [6, 6.07) is 6.45. The second-order valence-electron chi connectivity index (χ2n) is 4.67. The van der Waals surface area contributed by atoms with Gasteiger partial charge >= 0.3 is 0 Å². The highest BCUT2D eigenvalue weighted by atomic mass is 32.1. The Hall–Kier alpha value is -1.39. The summed E-state index contributed by atoms with van der Waals surface area (Å²) in [5, 5.41) is 5.50. The Bertz CT molecular complexity index is 508. The van der Waals surface area contributed by atoms with Crippen molar-refractivity contribution in [2.75, 3.05) is 18.5 Å². The summed E-state index contributed by atoms with van der Waals surface area (Å²) >= 11 is 1.80. The van der Waals surface area contributed by atoms with E-state index < -0.39 is 0 Å². The number of pyridine rings is 1. The Morgan fingerprint density at radius 3 is 2.95 bits per heavy atom. The van der Waals surface area contributed by atoms with Crippen molar-refractivity contribution < 1.29 is 0 Å². The van der Waals surface area contributed by atoms with Gasteiger partial charge in [-0.2, -0.15) is 0 Å². The molecule has 3 nitrogen and oxygen atoms in total. The molecule has 4 heteroatoms. The summed E-state index contributed by atoms with van der Waals surface area (Å²) < 4.78 is 0. The second-order valence-corrected chi connectivity index (χ2v) is 5.70. The molecule has 0 atom stereocenters. The van der Waals surface area contributed by atoms with E-state index in [2.05, 4.69) is 52.8 Å². The molecule has 2 heterocycles.